The first-order valence-corrected chi connectivity index (χ1v) is 7.74. The van der Waals surface area contributed by atoms with E-state index in [1.807, 2.05) is 10.9 Å². The molecule has 0 radical (unpaired) electrons. The predicted octanol–water partition coefficient (Wildman–Crippen LogP) is 2.54. The fourth-order valence-electron chi connectivity index (χ4n) is 3.01. The number of aromatic nitrogens is 2. The van der Waals surface area contributed by atoms with Crippen molar-refractivity contribution in [2.75, 3.05) is 19.0 Å². The van der Waals surface area contributed by atoms with Crippen LogP contribution >= 0.6 is 0 Å². The summed E-state index contributed by atoms with van der Waals surface area (Å²) in [5, 5.41) is 10.3. The van der Waals surface area contributed by atoms with Crippen molar-refractivity contribution in [3.63, 3.8) is 0 Å². The molecule has 1 heterocycles. The lowest BCUT2D eigenvalue weighted by Gasteiger charge is -2.41. The van der Waals surface area contributed by atoms with Gasteiger partial charge in [0.2, 0.25) is 0 Å². The van der Waals surface area contributed by atoms with Crippen molar-refractivity contribution >= 4 is 11.7 Å². The molecular weight excluding hydrogens is 268 g/mol. The van der Waals surface area contributed by atoms with Gasteiger partial charge in [-0.25, -0.2) is 4.79 Å². The van der Waals surface area contributed by atoms with E-state index in [2.05, 4.69) is 22.7 Å². The topological polar surface area (TPSA) is 68.2 Å². The number of nitrogens with zero attached hydrogens (tertiary/aromatic N) is 2. The Morgan fingerprint density at radius 3 is 2.90 bits per heavy atom. The summed E-state index contributed by atoms with van der Waals surface area (Å²) in [5.41, 5.74) is 0.558. The van der Waals surface area contributed by atoms with Crippen molar-refractivity contribution in [2.45, 2.75) is 50.6 Å². The quantitative estimate of drug-likeness (QED) is 0.846. The second-order valence-corrected chi connectivity index (χ2v) is 6.43. The van der Waals surface area contributed by atoms with Gasteiger partial charge in [0.1, 0.15) is 0 Å². The fourth-order valence-corrected chi connectivity index (χ4v) is 3.01. The molecule has 0 spiro atoms. The summed E-state index contributed by atoms with van der Waals surface area (Å²) in [4.78, 5) is 12.1. The van der Waals surface area contributed by atoms with Crippen molar-refractivity contribution in [1.29, 1.82) is 0 Å². The molecule has 2 aliphatic rings. The van der Waals surface area contributed by atoms with E-state index in [9.17, 15) is 4.79 Å². The molecule has 1 aromatic rings. The maximum atomic E-state index is 12.1. The number of hydrogen-bond acceptors (Lipinski definition) is 3. The van der Waals surface area contributed by atoms with E-state index in [1.54, 1.807) is 13.3 Å². The Kier molecular flexibility index (Phi) is 3.89. The first-order chi connectivity index (χ1) is 10.1. The number of ether oxygens (including phenoxy) is 1. The van der Waals surface area contributed by atoms with Gasteiger partial charge in [-0.1, -0.05) is 0 Å². The van der Waals surface area contributed by atoms with Gasteiger partial charge in [-0.3, -0.25) is 4.68 Å². The van der Waals surface area contributed by atoms with Crippen LogP contribution in [-0.2, 0) is 4.74 Å². The summed E-state index contributed by atoms with van der Waals surface area (Å²) in [6.45, 7) is 2.74. The standard InChI is InChI=1S/C15H24N4O2/c1-11(12-4-5-12)19-9-13(8-16-19)17-14(20)18-15(10-21-2)6-3-7-15/h8-9,11-12H,3-7,10H2,1-2H3,(H2,17,18,20)/t11-/m1/s1. The lowest BCUT2D eigenvalue weighted by Crippen LogP contribution is -2.57. The molecule has 1 aromatic heterocycles. The van der Waals surface area contributed by atoms with Crippen LogP contribution in [0.4, 0.5) is 10.5 Å². The highest BCUT2D eigenvalue weighted by atomic mass is 16.5. The van der Waals surface area contributed by atoms with Crippen LogP contribution in [0.25, 0.3) is 0 Å². The number of carbonyl (C=O) groups excluding carboxylic acids is 1. The van der Waals surface area contributed by atoms with Crippen LogP contribution in [0.1, 0.15) is 45.1 Å². The molecule has 0 bridgehead atoms. The van der Waals surface area contributed by atoms with Gasteiger partial charge in [0.25, 0.3) is 0 Å². The van der Waals surface area contributed by atoms with Gasteiger partial charge < -0.3 is 15.4 Å². The van der Waals surface area contributed by atoms with Crippen LogP contribution < -0.4 is 10.6 Å². The molecule has 0 saturated heterocycles. The zero-order valence-electron chi connectivity index (χ0n) is 12.8. The van der Waals surface area contributed by atoms with Gasteiger partial charge in [-0.15, -0.1) is 0 Å². The second kappa shape index (κ2) is 5.67. The third-order valence-corrected chi connectivity index (χ3v) is 4.69. The van der Waals surface area contributed by atoms with E-state index in [1.165, 1.54) is 12.8 Å². The van der Waals surface area contributed by atoms with Gasteiger partial charge in [0.05, 0.1) is 30.1 Å². The molecule has 2 saturated carbocycles. The summed E-state index contributed by atoms with van der Waals surface area (Å²) >= 11 is 0. The summed E-state index contributed by atoms with van der Waals surface area (Å²) in [5.74, 6) is 0.742. The smallest absolute Gasteiger partial charge is 0.319 e. The Morgan fingerprint density at radius 2 is 2.33 bits per heavy atom. The molecule has 2 fully saturated rings. The molecule has 116 valence electrons. The van der Waals surface area contributed by atoms with Crippen molar-refractivity contribution in [2.24, 2.45) is 5.92 Å². The van der Waals surface area contributed by atoms with Gasteiger partial charge in [0, 0.05) is 13.3 Å². The summed E-state index contributed by atoms with van der Waals surface area (Å²) in [7, 11) is 1.67. The van der Waals surface area contributed by atoms with E-state index >= 15 is 0 Å². The minimum absolute atomic E-state index is 0.176. The molecule has 2 N–H and O–H groups in total. The Balaban J connectivity index is 1.54. The number of amides is 2. The largest absolute Gasteiger partial charge is 0.382 e. The molecule has 21 heavy (non-hydrogen) atoms. The maximum Gasteiger partial charge on any atom is 0.319 e. The van der Waals surface area contributed by atoms with Crippen molar-refractivity contribution in [3.05, 3.63) is 12.4 Å². The molecule has 2 amide bonds. The Labute approximate surface area is 125 Å². The zero-order valence-corrected chi connectivity index (χ0v) is 12.8. The molecular formula is C15H24N4O2. The zero-order chi connectivity index (χ0) is 14.9. The van der Waals surface area contributed by atoms with Crippen LogP contribution in [0.5, 0.6) is 0 Å². The molecule has 6 heteroatoms. The molecule has 6 nitrogen and oxygen atoms in total. The van der Waals surface area contributed by atoms with Crippen molar-refractivity contribution in [1.82, 2.24) is 15.1 Å². The molecule has 0 aliphatic heterocycles. The number of hydrogen-bond donors (Lipinski definition) is 2. The highest BCUT2D eigenvalue weighted by Crippen LogP contribution is 2.39. The van der Waals surface area contributed by atoms with Crippen molar-refractivity contribution in [3.8, 4) is 0 Å². The number of carbonyl (C=O) groups is 1. The van der Waals surface area contributed by atoms with Gasteiger partial charge >= 0.3 is 6.03 Å². The van der Waals surface area contributed by atoms with E-state index in [4.69, 9.17) is 4.74 Å². The molecule has 0 unspecified atom stereocenters. The average molecular weight is 292 g/mol. The van der Waals surface area contributed by atoms with Crippen LogP contribution in [0.3, 0.4) is 0 Å². The maximum absolute atomic E-state index is 12.1. The number of urea groups is 1. The van der Waals surface area contributed by atoms with Crippen LogP contribution in [0, 0.1) is 5.92 Å². The number of methoxy groups -OCH3 is 1. The highest BCUT2D eigenvalue weighted by molar-refractivity contribution is 5.89. The Hall–Kier alpha value is -1.56. The van der Waals surface area contributed by atoms with Crippen molar-refractivity contribution < 1.29 is 9.53 Å². The average Bonchev–Trinajstić information content (AvgIpc) is 3.16. The summed E-state index contributed by atoms with van der Waals surface area (Å²) < 4.78 is 7.16. The lowest BCUT2D eigenvalue weighted by molar-refractivity contribution is 0.0648. The number of rotatable bonds is 6. The molecule has 1 atom stereocenters. The second-order valence-electron chi connectivity index (χ2n) is 6.43. The fraction of sp³-hybridized carbons (Fsp3) is 0.733. The molecule has 3 rings (SSSR count). The van der Waals surface area contributed by atoms with Crippen LogP contribution in [0.2, 0.25) is 0 Å². The minimum atomic E-state index is -0.184. The number of nitrogens with one attached hydrogen (secondary N) is 2. The van der Waals surface area contributed by atoms with E-state index in [0.29, 0.717) is 12.6 Å². The molecule has 2 aliphatic carbocycles. The summed E-state index contributed by atoms with van der Waals surface area (Å²) in [6, 6.07) is 0.237. The Morgan fingerprint density at radius 1 is 1.57 bits per heavy atom. The summed E-state index contributed by atoms with van der Waals surface area (Å²) in [6.07, 6.45) is 9.28. The normalized spacial score (nSPS) is 21.4. The lowest BCUT2D eigenvalue weighted by atomic mass is 9.77. The minimum Gasteiger partial charge on any atom is -0.382 e. The Bertz CT molecular complexity index is 506. The number of anilines is 1. The first kappa shape index (κ1) is 14.4. The van der Waals surface area contributed by atoms with Gasteiger partial charge in [0.15, 0.2) is 0 Å². The monoisotopic (exact) mass is 292 g/mol. The molecule has 0 aromatic carbocycles. The highest BCUT2D eigenvalue weighted by Gasteiger charge is 2.38. The van der Waals surface area contributed by atoms with Gasteiger partial charge in [-0.2, -0.15) is 5.10 Å². The van der Waals surface area contributed by atoms with Crippen LogP contribution in [-0.4, -0.2) is 35.1 Å². The third kappa shape index (κ3) is 3.20. The van der Waals surface area contributed by atoms with Gasteiger partial charge in [-0.05, 0) is 44.9 Å². The predicted molar refractivity (Wildman–Crippen MR) is 80.3 cm³/mol. The van der Waals surface area contributed by atoms with E-state index in [0.717, 1.165) is 30.9 Å². The SMILES string of the molecule is COCC1(NC(=O)Nc2cnn([C@H](C)C3CC3)c2)CCC1. The van der Waals surface area contributed by atoms with Crippen LogP contribution in [0.15, 0.2) is 12.4 Å². The van der Waals surface area contributed by atoms with E-state index in [-0.39, 0.29) is 11.6 Å². The third-order valence-electron chi connectivity index (χ3n) is 4.69. The first-order valence-electron chi connectivity index (χ1n) is 7.74. The van der Waals surface area contributed by atoms with E-state index < -0.39 is 0 Å².